The Hall–Kier alpha value is -1.83. The number of amides is 1. The number of hydrogen-bond acceptors (Lipinski definition) is 4. The largest absolute Gasteiger partial charge is 0.370 e. The van der Waals surface area contributed by atoms with Gasteiger partial charge in [0.15, 0.2) is 0 Å². The fourth-order valence-electron chi connectivity index (χ4n) is 4.23. The van der Waals surface area contributed by atoms with Crippen LogP contribution in [0.3, 0.4) is 0 Å². The van der Waals surface area contributed by atoms with Gasteiger partial charge in [0, 0.05) is 56.2 Å². The zero-order valence-electron chi connectivity index (χ0n) is 17.0. The topological polar surface area (TPSA) is 53.4 Å². The molecular weight excluding hydrogens is 428 g/mol. The van der Waals surface area contributed by atoms with Crippen molar-refractivity contribution in [1.29, 1.82) is 0 Å². The van der Waals surface area contributed by atoms with Gasteiger partial charge in [-0.15, -0.1) is 24.8 Å². The number of carbonyl (C=O) groups excluding carboxylic acids is 1. The summed E-state index contributed by atoms with van der Waals surface area (Å²) in [6.07, 6.45) is 5.01. The van der Waals surface area contributed by atoms with Crippen molar-refractivity contribution in [3.05, 3.63) is 48.0 Å². The number of benzene rings is 1. The lowest BCUT2D eigenvalue weighted by molar-refractivity contribution is -0.131. The second-order valence-corrected chi connectivity index (χ2v) is 7.65. The van der Waals surface area contributed by atoms with Crippen LogP contribution < -0.4 is 10.2 Å². The van der Waals surface area contributed by atoms with Crippen molar-refractivity contribution in [3.63, 3.8) is 0 Å². The zero-order chi connectivity index (χ0) is 19.3. The summed E-state index contributed by atoms with van der Waals surface area (Å²) in [6, 6.07) is 8.64. The van der Waals surface area contributed by atoms with Gasteiger partial charge in [-0.1, -0.05) is 0 Å². The molecule has 1 atom stereocenters. The molecule has 2 aromatic rings. The van der Waals surface area contributed by atoms with Crippen molar-refractivity contribution >= 4 is 36.4 Å². The smallest absolute Gasteiger partial charge is 0.244 e. The van der Waals surface area contributed by atoms with E-state index in [0.717, 1.165) is 63.4 Å². The first-order valence-electron chi connectivity index (χ1n) is 10.2. The second-order valence-electron chi connectivity index (χ2n) is 7.65. The molecule has 2 saturated heterocycles. The molecule has 2 aliphatic rings. The fraction of sp³-hybridized carbons (Fsp3) is 0.524. The number of rotatable bonds is 4. The average molecular weight is 458 g/mol. The van der Waals surface area contributed by atoms with E-state index in [9.17, 15) is 9.18 Å². The average Bonchev–Trinajstić information content (AvgIpc) is 3.03. The molecule has 1 amide bonds. The third-order valence-corrected chi connectivity index (χ3v) is 5.79. The zero-order valence-corrected chi connectivity index (χ0v) is 18.6. The molecular formula is C21H30Cl2FN5O. The molecule has 1 aromatic carbocycles. The van der Waals surface area contributed by atoms with Gasteiger partial charge in [-0.3, -0.25) is 9.48 Å². The van der Waals surface area contributed by atoms with E-state index in [1.807, 2.05) is 15.6 Å². The number of nitrogens with one attached hydrogen (secondary N) is 1. The summed E-state index contributed by atoms with van der Waals surface area (Å²) >= 11 is 0. The highest BCUT2D eigenvalue weighted by atomic mass is 35.5. The van der Waals surface area contributed by atoms with Gasteiger partial charge in [0.1, 0.15) is 12.4 Å². The number of anilines is 1. The van der Waals surface area contributed by atoms with Crippen molar-refractivity contribution in [3.8, 4) is 0 Å². The lowest BCUT2D eigenvalue weighted by Gasteiger charge is -2.25. The summed E-state index contributed by atoms with van der Waals surface area (Å²) in [6.45, 7) is 5.38. The molecule has 6 nitrogen and oxygen atoms in total. The minimum absolute atomic E-state index is 0. The lowest BCUT2D eigenvalue weighted by atomic mass is 9.96. The Morgan fingerprint density at radius 3 is 2.60 bits per heavy atom. The fourth-order valence-corrected chi connectivity index (χ4v) is 4.23. The first kappa shape index (κ1) is 24.4. The van der Waals surface area contributed by atoms with Gasteiger partial charge in [-0.05, 0) is 56.1 Å². The van der Waals surface area contributed by atoms with Crippen molar-refractivity contribution in [2.45, 2.75) is 31.7 Å². The Labute approximate surface area is 189 Å². The van der Waals surface area contributed by atoms with E-state index in [-0.39, 0.29) is 36.5 Å². The molecule has 9 heteroatoms. The molecule has 1 unspecified atom stereocenters. The van der Waals surface area contributed by atoms with Gasteiger partial charge in [0.25, 0.3) is 0 Å². The van der Waals surface area contributed by atoms with Gasteiger partial charge in [0.2, 0.25) is 5.91 Å². The Morgan fingerprint density at radius 1 is 1.07 bits per heavy atom. The number of aromatic nitrogens is 2. The molecule has 1 N–H and O–H groups in total. The van der Waals surface area contributed by atoms with Crippen LogP contribution in [0.5, 0.6) is 0 Å². The van der Waals surface area contributed by atoms with Crippen molar-refractivity contribution in [1.82, 2.24) is 20.0 Å². The van der Waals surface area contributed by atoms with Gasteiger partial charge in [-0.2, -0.15) is 5.10 Å². The lowest BCUT2D eigenvalue weighted by Crippen LogP contribution is -2.38. The highest BCUT2D eigenvalue weighted by molar-refractivity contribution is 5.85. The van der Waals surface area contributed by atoms with E-state index in [1.165, 1.54) is 12.1 Å². The van der Waals surface area contributed by atoms with E-state index in [0.29, 0.717) is 19.0 Å². The molecule has 166 valence electrons. The van der Waals surface area contributed by atoms with Gasteiger partial charge < -0.3 is 15.1 Å². The molecule has 0 bridgehead atoms. The predicted molar refractivity (Wildman–Crippen MR) is 121 cm³/mol. The first-order valence-corrected chi connectivity index (χ1v) is 10.2. The van der Waals surface area contributed by atoms with Crippen LogP contribution in [-0.2, 0) is 11.3 Å². The number of hydrogen-bond donors (Lipinski definition) is 1. The van der Waals surface area contributed by atoms with Crippen LogP contribution in [0.15, 0.2) is 36.5 Å². The molecule has 2 aliphatic heterocycles. The van der Waals surface area contributed by atoms with Gasteiger partial charge in [-0.25, -0.2) is 4.39 Å². The number of halogens is 3. The van der Waals surface area contributed by atoms with E-state index in [2.05, 4.69) is 15.3 Å². The standard InChI is InChI=1S/C21H28FN5O.2ClH/c22-18-4-6-19(7-5-18)25-11-2-12-26(14-13-25)21(28)16-27-20(8-10-24-27)17-3-1-9-23-15-17;;/h4-8,10,17,23H,1-3,9,11-16H2;2*1H. The molecule has 0 aliphatic carbocycles. The quantitative estimate of drug-likeness (QED) is 0.766. The van der Waals surface area contributed by atoms with Crippen LogP contribution in [0.2, 0.25) is 0 Å². The summed E-state index contributed by atoms with van der Waals surface area (Å²) in [7, 11) is 0. The summed E-state index contributed by atoms with van der Waals surface area (Å²) in [5.41, 5.74) is 2.16. The first-order chi connectivity index (χ1) is 13.7. The molecule has 4 rings (SSSR count). The molecule has 0 saturated carbocycles. The molecule has 0 spiro atoms. The summed E-state index contributed by atoms with van der Waals surface area (Å²) in [5.74, 6) is 0.329. The predicted octanol–water partition coefficient (Wildman–Crippen LogP) is 3.07. The third kappa shape index (κ3) is 5.86. The van der Waals surface area contributed by atoms with Crippen LogP contribution in [0, 0.1) is 5.82 Å². The van der Waals surface area contributed by atoms with Crippen LogP contribution in [0.4, 0.5) is 10.1 Å². The molecule has 0 radical (unpaired) electrons. The molecule has 30 heavy (non-hydrogen) atoms. The van der Waals surface area contributed by atoms with Crippen molar-refractivity contribution in [2.24, 2.45) is 0 Å². The minimum Gasteiger partial charge on any atom is -0.370 e. The Morgan fingerprint density at radius 2 is 1.87 bits per heavy atom. The molecule has 2 fully saturated rings. The van der Waals surface area contributed by atoms with Crippen LogP contribution in [0.25, 0.3) is 0 Å². The van der Waals surface area contributed by atoms with Crippen LogP contribution in [-0.4, -0.2) is 59.9 Å². The van der Waals surface area contributed by atoms with E-state index >= 15 is 0 Å². The second kappa shape index (κ2) is 11.5. The number of piperidine rings is 1. The normalized spacial score (nSPS) is 19.4. The maximum absolute atomic E-state index is 13.2. The van der Waals surface area contributed by atoms with Gasteiger partial charge >= 0.3 is 0 Å². The van der Waals surface area contributed by atoms with Crippen LogP contribution >= 0.6 is 24.8 Å². The molecule has 3 heterocycles. The summed E-state index contributed by atoms with van der Waals surface area (Å²) in [4.78, 5) is 17.1. The van der Waals surface area contributed by atoms with Crippen molar-refractivity contribution in [2.75, 3.05) is 44.2 Å². The molecule has 1 aromatic heterocycles. The number of carbonyl (C=O) groups is 1. The summed E-state index contributed by atoms with van der Waals surface area (Å²) in [5, 5.41) is 7.85. The van der Waals surface area contributed by atoms with Crippen LogP contribution in [0.1, 0.15) is 30.9 Å². The highest BCUT2D eigenvalue weighted by Crippen LogP contribution is 2.23. The monoisotopic (exact) mass is 457 g/mol. The minimum atomic E-state index is -0.224. The van der Waals surface area contributed by atoms with E-state index in [4.69, 9.17) is 0 Å². The van der Waals surface area contributed by atoms with E-state index in [1.54, 1.807) is 18.3 Å². The summed E-state index contributed by atoms with van der Waals surface area (Å²) < 4.78 is 15.0. The maximum atomic E-state index is 13.2. The SMILES string of the molecule is Cl.Cl.O=C(Cn1nccc1C1CCCNC1)N1CCCN(c2ccc(F)cc2)CC1. The Balaban J connectivity index is 0.00000160. The number of nitrogens with zero attached hydrogens (tertiary/aromatic N) is 4. The van der Waals surface area contributed by atoms with E-state index < -0.39 is 0 Å². The maximum Gasteiger partial charge on any atom is 0.244 e. The third-order valence-electron chi connectivity index (χ3n) is 5.79. The Kier molecular flexibility index (Phi) is 9.39. The van der Waals surface area contributed by atoms with Gasteiger partial charge in [0.05, 0.1) is 0 Å². The highest BCUT2D eigenvalue weighted by Gasteiger charge is 2.23. The Bertz CT molecular complexity index is 795. The van der Waals surface area contributed by atoms with Crippen molar-refractivity contribution < 1.29 is 9.18 Å².